The Balaban J connectivity index is 1.69. The fraction of sp³-hybridized carbons (Fsp3) is 0.407. The van der Waals surface area contributed by atoms with E-state index in [0.29, 0.717) is 37.4 Å². The molecule has 1 atom stereocenters. The van der Waals surface area contributed by atoms with Gasteiger partial charge in [0.15, 0.2) is 5.82 Å². The van der Waals surface area contributed by atoms with E-state index in [0.717, 1.165) is 40.4 Å². The smallest absolute Gasteiger partial charge is 0.252 e. The zero-order chi connectivity index (χ0) is 25.7. The molecule has 0 saturated carbocycles. The first kappa shape index (κ1) is 25.7. The number of rotatable bonds is 11. The molecule has 0 aliphatic heterocycles. The highest BCUT2D eigenvalue weighted by atomic mass is 19.1. The molecule has 9 heteroatoms. The second kappa shape index (κ2) is 11.5. The lowest BCUT2D eigenvalue weighted by molar-refractivity contribution is 0.148. The van der Waals surface area contributed by atoms with Crippen molar-refractivity contribution >= 4 is 10.9 Å². The molecule has 190 valence electrons. The van der Waals surface area contributed by atoms with Crippen LogP contribution in [0.4, 0.5) is 4.39 Å². The lowest BCUT2D eigenvalue weighted by Crippen LogP contribution is -2.34. The largest absolute Gasteiger partial charge is 0.396 e. The second-order valence-electron chi connectivity index (χ2n) is 9.34. The number of halogens is 1. The topological polar surface area (TPSA) is 99.9 Å². The van der Waals surface area contributed by atoms with E-state index in [9.17, 15) is 14.3 Å². The number of benzene rings is 2. The minimum absolute atomic E-state index is 0.0440. The molecule has 0 saturated heterocycles. The lowest BCUT2D eigenvalue weighted by atomic mass is 10.0. The maximum atomic E-state index is 13.4. The molecule has 4 rings (SSSR count). The minimum Gasteiger partial charge on any atom is -0.396 e. The van der Waals surface area contributed by atoms with Gasteiger partial charge >= 0.3 is 0 Å². The minimum atomic E-state index is -0.291. The van der Waals surface area contributed by atoms with Gasteiger partial charge in [0, 0.05) is 25.3 Å². The number of hydrogen-bond donors (Lipinski definition) is 2. The zero-order valence-electron chi connectivity index (χ0n) is 21.0. The number of aromatic nitrogens is 5. The maximum Gasteiger partial charge on any atom is 0.252 e. The van der Waals surface area contributed by atoms with E-state index in [1.165, 1.54) is 12.1 Å². The van der Waals surface area contributed by atoms with E-state index in [1.807, 2.05) is 19.9 Å². The molecule has 2 N–H and O–H groups in total. The predicted molar refractivity (Wildman–Crippen MR) is 137 cm³/mol. The normalized spacial score (nSPS) is 12.5. The Kier molecular flexibility index (Phi) is 8.22. The third kappa shape index (κ3) is 5.85. The summed E-state index contributed by atoms with van der Waals surface area (Å²) in [7, 11) is 0. The molecule has 0 aliphatic carbocycles. The first-order valence-corrected chi connectivity index (χ1v) is 12.4. The molecule has 36 heavy (non-hydrogen) atoms. The van der Waals surface area contributed by atoms with Crippen LogP contribution in [0.1, 0.15) is 60.3 Å². The number of aromatic amines is 1. The van der Waals surface area contributed by atoms with Crippen molar-refractivity contribution in [2.45, 2.75) is 59.2 Å². The molecule has 0 spiro atoms. The summed E-state index contributed by atoms with van der Waals surface area (Å²) in [6.45, 7) is 7.56. The van der Waals surface area contributed by atoms with Crippen LogP contribution in [-0.2, 0) is 13.1 Å². The molecule has 8 nitrogen and oxygen atoms in total. The van der Waals surface area contributed by atoms with Gasteiger partial charge in [-0.25, -0.2) is 9.07 Å². The van der Waals surface area contributed by atoms with Gasteiger partial charge in [0.25, 0.3) is 5.56 Å². The number of nitrogens with zero attached hydrogens (tertiary/aromatic N) is 5. The van der Waals surface area contributed by atoms with Crippen molar-refractivity contribution in [1.82, 2.24) is 30.1 Å². The monoisotopic (exact) mass is 492 g/mol. The van der Waals surface area contributed by atoms with Gasteiger partial charge in [-0.1, -0.05) is 37.1 Å². The van der Waals surface area contributed by atoms with Crippen LogP contribution in [-0.4, -0.2) is 48.3 Å². The van der Waals surface area contributed by atoms with Crippen molar-refractivity contribution < 1.29 is 9.50 Å². The Morgan fingerprint density at radius 3 is 2.67 bits per heavy atom. The summed E-state index contributed by atoms with van der Waals surface area (Å²) in [6.07, 6.45) is 2.22. The van der Waals surface area contributed by atoms with Gasteiger partial charge in [0.1, 0.15) is 5.82 Å². The summed E-state index contributed by atoms with van der Waals surface area (Å²) in [6, 6.07) is 12.2. The molecule has 2 heterocycles. The van der Waals surface area contributed by atoms with Crippen LogP contribution < -0.4 is 5.56 Å². The van der Waals surface area contributed by atoms with Crippen LogP contribution in [0.25, 0.3) is 10.9 Å². The summed E-state index contributed by atoms with van der Waals surface area (Å²) in [5.41, 5.74) is 4.45. The SMILES string of the molecule is CCC[C@@H](c1nnnn1Cc1ccc(F)cc1)N(CCCO)Cc1cc2cc(C)cc(C)c2[nH]c1=O. The molecule has 0 unspecified atom stereocenters. The van der Waals surface area contributed by atoms with Gasteiger partial charge in [-0.2, -0.15) is 0 Å². The fourth-order valence-electron chi connectivity index (χ4n) is 4.76. The van der Waals surface area contributed by atoms with Crippen molar-refractivity contribution in [3.8, 4) is 0 Å². The average Bonchev–Trinajstić information content (AvgIpc) is 3.30. The summed E-state index contributed by atoms with van der Waals surface area (Å²) >= 11 is 0. The number of aryl methyl sites for hydroxylation is 2. The summed E-state index contributed by atoms with van der Waals surface area (Å²) in [5, 5.41) is 23.1. The number of fused-ring (bicyclic) bond motifs is 1. The van der Waals surface area contributed by atoms with E-state index in [2.05, 4.69) is 44.5 Å². The Morgan fingerprint density at radius 2 is 1.94 bits per heavy atom. The van der Waals surface area contributed by atoms with Gasteiger partial charge < -0.3 is 10.1 Å². The molecule has 0 radical (unpaired) electrons. The Bertz CT molecular complexity index is 1370. The Morgan fingerprint density at radius 1 is 1.17 bits per heavy atom. The van der Waals surface area contributed by atoms with Gasteiger partial charge in [0.2, 0.25) is 0 Å². The van der Waals surface area contributed by atoms with Crippen molar-refractivity contribution in [3.05, 3.63) is 86.7 Å². The highest BCUT2D eigenvalue weighted by Crippen LogP contribution is 2.27. The van der Waals surface area contributed by atoms with Crippen molar-refractivity contribution in [2.75, 3.05) is 13.2 Å². The third-order valence-corrected chi connectivity index (χ3v) is 6.45. The number of aliphatic hydroxyl groups excluding tert-OH is 1. The first-order valence-electron chi connectivity index (χ1n) is 12.4. The molecular weight excluding hydrogens is 459 g/mol. The Hall–Kier alpha value is -3.43. The third-order valence-electron chi connectivity index (χ3n) is 6.45. The molecule has 2 aromatic carbocycles. The molecule has 0 fully saturated rings. The Labute approximate surface area is 209 Å². The van der Waals surface area contributed by atoms with Crippen molar-refractivity contribution in [1.29, 1.82) is 0 Å². The van der Waals surface area contributed by atoms with Gasteiger partial charge in [-0.05, 0) is 77.9 Å². The average molecular weight is 493 g/mol. The summed E-state index contributed by atoms with van der Waals surface area (Å²) in [5.74, 6) is 0.392. The number of aliphatic hydroxyl groups is 1. The van der Waals surface area contributed by atoms with Crippen molar-refractivity contribution in [2.24, 2.45) is 0 Å². The quantitative estimate of drug-likeness (QED) is 0.328. The van der Waals surface area contributed by atoms with Gasteiger partial charge in [0.05, 0.1) is 18.1 Å². The number of H-pyrrole nitrogens is 1. The molecular formula is C27H33FN6O2. The molecule has 4 aromatic rings. The summed E-state index contributed by atoms with van der Waals surface area (Å²) < 4.78 is 15.1. The van der Waals surface area contributed by atoms with E-state index in [-0.39, 0.29) is 24.0 Å². The summed E-state index contributed by atoms with van der Waals surface area (Å²) in [4.78, 5) is 18.3. The number of tetrazole rings is 1. The van der Waals surface area contributed by atoms with Crippen LogP contribution >= 0.6 is 0 Å². The second-order valence-corrected chi connectivity index (χ2v) is 9.34. The van der Waals surface area contributed by atoms with Gasteiger partial charge in [-0.3, -0.25) is 9.69 Å². The lowest BCUT2D eigenvalue weighted by Gasteiger charge is -2.30. The van der Waals surface area contributed by atoms with Crippen LogP contribution in [0.5, 0.6) is 0 Å². The van der Waals surface area contributed by atoms with E-state index < -0.39 is 0 Å². The highest BCUT2D eigenvalue weighted by Gasteiger charge is 2.26. The van der Waals surface area contributed by atoms with Crippen LogP contribution in [0.15, 0.2) is 47.3 Å². The number of hydrogen-bond acceptors (Lipinski definition) is 6. The van der Waals surface area contributed by atoms with Gasteiger partial charge in [-0.15, -0.1) is 5.10 Å². The van der Waals surface area contributed by atoms with E-state index >= 15 is 0 Å². The highest BCUT2D eigenvalue weighted by molar-refractivity contribution is 5.82. The maximum absolute atomic E-state index is 13.4. The molecule has 0 bridgehead atoms. The predicted octanol–water partition coefficient (Wildman–Crippen LogP) is 4.04. The number of nitrogens with one attached hydrogen (secondary N) is 1. The van der Waals surface area contributed by atoms with E-state index in [1.54, 1.807) is 16.8 Å². The molecule has 0 amide bonds. The standard InChI is InChI=1S/C27H33FN6O2/c1-4-6-24(26-30-31-32-34(26)16-20-7-9-23(28)10-8-20)33(11-5-12-35)17-22-15-21-14-18(2)13-19(3)25(21)29-27(22)36/h7-10,13-15,24,35H,4-6,11-12,16-17H2,1-3H3,(H,29,36)/t24-/m0/s1. The first-order chi connectivity index (χ1) is 17.4. The van der Waals surface area contributed by atoms with E-state index in [4.69, 9.17) is 0 Å². The van der Waals surface area contributed by atoms with Crippen LogP contribution in [0.3, 0.4) is 0 Å². The van der Waals surface area contributed by atoms with Crippen LogP contribution in [0, 0.1) is 19.7 Å². The zero-order valence-corrected chi connectivity index (χ0v) is 21.0. The fourth-order valence-corrected chi connectivity index (χ4v) is 4.76. The van der Waals surface area contributed by atoms with Crippen LogP contribution in [0.2, 0.25) is 0 Å². The molecule has 0 aliphatic rings. The molecule has 2 aromatic heterocycles. The number of pyridine rings is 1. The van der Waals surface area contributed by atoms with Crippen molar-refractivity contribution in [3.63, 3.8) is 0 Å².